The fraction of sp³-hybridized carbons (Fsp3) is 0.308. The van der Waals surface area contributed by atoms with E-state index in [-0.39, 0.29) is 0 Å². The second-order valence-electron chi connectivity index (χ2n) is 4.51. The summed E-state index contributed by atoms with van der Waals surface area (Å²) in [5.41, 5.74) is 0.720. The van der Waals surface area contributed by atoms with Crippen LogP contribution in [-0.2, 0) is 23.5 Å². The Morgan fingerprint density at radius 3 is 2.80 bits per heavy atom. The van der Waals surface area contributed by atoms with Crippen molar-refractivity contribution in [3.63, 3.8) is 0 Å². The molecule has 0 aliphatic rings. The fourth-order valence-electron chi connectivity index (χ4n) is 1.88. The maximum atomic E-state index is 12.3. The van der Waals surface area contributed by atoms with E-state index in [0.717, 1.165) is 15.9 Å². The van der Waals surface area contributed by atoms with E-state index in [0.29, 0.717) is 17.9 Å². The van der Waals surface area contributed by atoms with Gasteiger partial charge in [0.25, 0.3) is 0 Å². The Hall–Kier alpha value is -1.18. The first kappa shape index (κ1) is 15.2. The zero-order chi connectivity index (χ0) is 14.8. The Morgan fingerprint density at radius 1 is 1.40 bits per heavy atom. The van der Waals surface area contributed by atoms with E-state index in [1.807, 2.05) is 23.9 Å². The van der Waals surface area contributed by atoms with E-state index in [1.54, 1.807) is 25.3 Å². The van der Waals surface area contributed by atoms with Gasteiger partial charge in [0.1, 0.15) is 5.82 Å². The van der Waals surface area contributed by atoms with Gasteiger partial charge in [0, 0.05) is 36.9 Å². The van der Waals surface area contributed by atoms with Crippen LogP contribution in [0, 0.1) is 6.92 Å². The van der Waals surface area contributed by atoms with Crippen molar-refractivity contribution in [1.82, 2.24) is 14.3 Å². The van der Waals surface area contributed by atoms with Crippen LogP contribution in [0.5, 0.6) is 0 Å². The second-order valence-corrected chi connectivity index (χ2v) is 7.16. The molecule has 20 heavy (non-hydrogen) atoms. The van der Waals surface area contributed by atoms with Gasteiger partial charge in [-0.1, -0.05) is 22.0 Å². The molecule has 108 valence electrons. The second kappa shape index (κ2) is 6.07. The van der Waals surface area contributed by atoms with Gasteiger partial charge >= 0.3 is 0 Å². The van der Waals surface area contributed by atoms with Crippen molar-refractivity contribution in [2.75, 3.05) is 6.54 Å². The van der Waals surface area contributed by atoms with E-state index in [2.05, 4.69) is 25.6 Å². The van der Waals surface area contributed by atoms with Crippen LogP contribution in [0.3, 0.4) is 0 Å². The van der Waals surface area contributed by atoms with Crippen molar-refractivity contribution in [3.8, 4) is 0 Å². The predicted octanol–water partition coefficient (Wildman–Crippen LogP) is 2.01. The Balaban J connectivity index is 2.08. The average molecular weight is 358 g/mol. The summed E-state index contributed by atoms with van der Waals surface area (Å²) in [6.45, 7) is 2.10. The predicted molar refractivity (Wildman–Crippen MR) is 81.0 cm³/mol. The molecule has 0 fully saturated rings. The standard InChI is InChI=1S/C13H16BrN3O2S/c1-10-3-4-11(14)9-12(10)20(18,19)16-6-5-13-15-7-8-17(13)2/h3-4,7-9,16H,5-6H2,1-2H3. The molecule has 5 nitrogen and oxygen atoms in total. The van der Waals surface area contributed by atoms with Gasteiger partial charge in [-0.25, -0.2) is 18.1 Å². The third-order valence-electron chi connectivity index (χ3n) is 3.00. The monoisotopic (exact) mass is 357 g/mol. The molecule has 0 saturated carbocycles. The molecule has 0 amide bonds. The highest BCUT2D eigenvalue weighted by Gasteiger charge is 2.16. The molecule has 0 atom stereocenters. The van der Waals surface area contributed by atoms with Crippen LogP contribution >= 0.6 is 15.9 Å². The highest BCUT2D eigenvalue weighted by atomic mass is 79.9. The van der Waals surface area contributed by atoms with Gasteiger partial charge in [-0.3, -0.25) is 0 Å². The maximum Gasteiger partial charge on any atom is 0.240 e. The lowest BCUT2D eigenvalue weighted by atomic mass is 10.2. The summed E-state index contributed by atoms with van der Waals surface area (Å²) < 4.78 is 29.7. The highest BCUT2D eigenvalue weighted by Crippen LogP contribution is 2.20. The van der Waals surface area contributed by atoms with Gasteiger partial charge < -0.3 is 4.57 Å². The lowest BCUT2D eigenvalue weighted by molar-refractivity contribution is 0.579. The van der Waals surface area contributed by atoms with Crippen LogP contribution in [0.4, 0.5) is 0 Å². The van der Waals surface area contributed by atoms with Gasteiger partial charge in [-0.05, 0) is 24.6 Å². The molecule has 0 unspecified atom stereocenters. The van der Waals surface area contributed by atoms with Crippen molar-refractivity contribution in [1.29, 1.82) is 0 Å². The third-order valence-corrected chi connectivity index (χ3v) is 5.10. The largest absolute Gasteiger partial charge is 0.338 e. The number of rotatable bonds is 5. The van der Waals surface area contributed by atoms with Crippen LogP contribution in [0.15, 0.2) is 40.0 Å². The molecule has 1 aromatic heterocycles. The molecular formula is C13H16BrN3O2S. The fourth-order valence-corrected chi connectivity index (χ4v) is 3.69. The van der Waals surface area contributed by atoms with Crippen molar-refractivity contribution in [2.45, 2.75) is 18.2 Å². The van der Waals surface area contributed by atoms with Gasteiger partial charge in [0.15, 0.2) is 0 Å². The number of hydrogen-bond acceptors (Lipinski definition) is 3. The summed E-state index contributed by atoms with van der Waals surface area (Å²) in [7, 11) is -1.61. The van der Waals surface area contributed by atoms with E-state index in [4.69, 9.17) is 0 Å². The van der Waals surface area contributed by atoms with Crippen molar-refractivity contribution >= 4 is 26.0 Å². The van der Waals surface area contributed by atoms with Crippen LogP contribution in [-0.4, -0.2) is 24.5 Å². The molecule has 0 aliphatic heterocycles. The van der Waals surface area contributed by atoms with E-state index in [1.165, 1.54) is 0 Å². The van der Waals surface area contributed by atoms with Crippen LogP contribution in [0.25, 0.3) is 0 Å². The topological polar surface area (TPSA) is 64.0 Å². The van der Waals surface area contributed by atoms with E-state index in [9.17, 15) is 8.42 Å². The zero-order valence-electron chi connectivity index (χ0n) is 11.3. The first-order valence-electron chi connectivity index (χ1n) is 6.12. The molecule has 0 spiro atoms. The number of aromatic nitrogens is 2. The molecule has 0 radical (unpaired) electrons. The normalized spacial score (nSPS) is 11.8. The summed E-state index contributed by atoms with van der Waals surface area (Å²) in [4.78, 5) is 4.46. The summed E-state index contributed by atoms with van der Waals surface area (Å²) in [6.07, 6.45) is 4.08. The molecule has 0 aliphatic carbocycles. The quantitative estimate of drug-likeness (QED) is 0.889. The zero-order valence-corrected chi connectivity index (χ0v) is 13.7. The van der Waals surface area contributed by atoms with Crippen LogP contribution in [0.1, 0.15) is 11.4 Å². The number of imidazole rings is 1. The number of hydrogen-bond donors (Lipinski definition) is 1. The maximum absolute atomic E-state index is 12.3. The Labute approximate surface area is 127 Å². The molecule has 0 saturated heterocycles. The Morgan fingerprint density at radius 2 is 2.15 bits per heavy atom. The van der Waals surface area contributed by atoms with Crippen LogP contribution < -0.4 is 4.72 Å². The molecular weight excluding hydrogens is 342 g/mol. The highest BCUT2D eigenvalue weighted by molar-refractivity contribution is 9.10. The molecule has 2 aromatic rings. The van der Waals surface area contributed by atoms with Crippen LogP contribution in [0.2, 0.25) is 0 Å². The van der Waals surface area contributed by atoms with Gasteiger partial charge in [-0.15, -0.1) is 0 Å². The molecule has 0 bridgehead atoms. The van der Waals surface area contributed by atoms with Crippen molar-refractivity contribution in [2.24, 2.45) is 7.05 Å². The minimum Gasteiger partial charge on any atom is -0.338 e. The van der Waals surface area contributed by atoms with Gasteiger partial charge in [0.05, 0.1) is 4.90 Å². The number of nitrogens with one attached hydrogen (secondary N) is 1. The smallest absolute Gasteiger partial charge is 0.240 e. The lowest BCUT2D eigenvalue weighted by Gasteiger charge is -2.09. The SMILES string of the molecule is Cc1ccc(Br)cc1S(=O)(=O)NCCc1nccn1C. The van der Waals surface area contributed by atoms with E-state index < -0.39 is 10.0 Å². The summed E-state index contributed by atoms with van der Waals surface area (Å²) in [5.74, 6) is 0.846. The Kier molecular flexibility index (Phi) is 4.62. The first-order valence-corrected chi connectivity index (χ1v) is 8.40. The summed E-state index contributed by atoms with van der Waals surface area (Å²) in [6, 6.07) is 5.21. The summed E-state index contributed by atoms with van der Waals surface area (Å²) >= 11 is 3.29. The minimum absolute atomic E-state index is 0.298. The lowest BCUT2D eigenvalue weighted by Crippen LogP contribution is -2.27. The number of nitrogens with zero attached hydrogens (tertiary/aromatic N) is 2. The number of halogens is 1. The molecule has 1 heterocycles. The molecule has 2 rings (SSSR count). The Bertz CT molecular complexity index is 710. The van der Waals surface area contributed by atoms with Crippen molar-refractivity contribution < 1.29 is 8.42 Å². The average Bonchev–Trinajstić information content (AvgIpc) is 2.78. The number of sulfonamides is 1. The molecule has 1 N–H and O–H groups in total. The number of aryl methyl sites for hydroxylation is 2. The minimum atomic E-state index is -3.50. The molecule has 7 heteroatoms. The molecule has 1 aromatic carbocycles. The van der Waals surface area contributed by atoms with Gasteiger partial charge in [-0.2, -0.15) is 0 Å². The van der Waals surface area contributed by atoms with Crippen molar-refractivity contribution in [3.05, 3.63) is 46.5 Å². The van der Waals surface area contributed by atoms with E-state index >= 15 is 0 Å². The first-order chi connectivity index (χ1) is 9.40. The number of benzene rings is 1. The summed E-state index contributed by atoms with van der Waals surface area (Å²) in [5, 5.41) is 0. The van der Waals surface area contributed by atoms with Gasteiger partial charge in [0.2, 0.25) is 10.0 Å². The third kappa shape index (κ3) is 3.47.